The highest BCUT2D eigenvalue weighted by Crippen LogP contribution is 2.33. The molecular formula is C11H6BrClFNOS. The molecule has 0 unspecified atom stereocenters. The van der Waals surface area contributed by atoms with Crippen LogP contribution in [-0.4, -0.2) is 5.78 Å². The summed E-state index contributed by atoms with van der Waals surface area (Å²) in [6.45, 7) is 0. The number of nitrogen functional groups attached to an aromatic ring is 1. The van der Waals surface area contributed by atoms with Crippen LogP contribution in [0.1, 0.15) is 15.2 Å². The van der Waals surface area contributed by atoms with Crippen LogP contribution in [0.5, 0.6) is 0 Å². The van der Waals surface area contributed by atoms with Gasteiger partial charge in [0.15, 0.2) is 0 Å². The highest BCUT2D eigenvalue weighted by molar-refractivity contribution is 9.11. The summed E-state index contributed by atoms with van der Waals surface area (Å²) in [6, 6.07) is 5.25. The van der Waals surface area contributed by atoms with E-state index in [-0.39, 0.29) is 17.0 Å². The summed E-state index contributed by atoms with van der Waals surface area (Å²) in [5, 5.41) is 0.471. The Morgan fingerprint density at radius 2 is 2.12 bits per heavy atom. The Morgan fingerprint density at radius 3 is 2.65 bits per heavy atom. The first-order chi connectivity index (χ1) is 7.99. The lowest BCUT2D eigenvalue weighted by molar-refractivity contribution is 0.104. The van der Waals surface area contributed by atoms with Crippen molar-refractivity contribution in [2.24, 2.45) is 0 Å². The molecule has 2 nitrogen and oxygen atoms in total. The molecule has 0 spiro atoms. The van der Waals surface area contributed by atoms with Crippen LogP contribution in [0, 0.1) is 5.82 Å². The van der Waals surface area contributed by atoms with Crippen molar-refractivity contribution in [3.63, 3.8) is 0 Å². The van der Waals surface area contributed by atoms with Crippen molar-refractivity contribution in [3.05, 3.63) is 49.3 Å². The molecule has 17 heavy (non-hydrogen) atoms. The standard InChI is InChI=1S/C11H6BrClFNOS/c12-11-7(13)4-9(17-11)10(16)6-2-1-5(14)3-8(6)15/h1-4H,15H2. The largest absolute Gasteiger partial charge is 0.398 e. The van der Waals surface area contributed by atoms with Gasteiger partial charge in [0.05, 0.1) is 13.7 Å². The molecule has 0 radical (unpaired) electrons. The van der Waals surface area contributed by atoms with E-state index >= 15 is 0 Å². The second-order valence-corrected chi connectivity index (χ2v) is 6.07. The maximum Gasteiger partial charge on any atom is 0.205 e. The van der Waals surface area contributed by atoms with Crippen molar-refractivity contribution < 1.29 is 9.18 Å². The van der Waals surface area contributed by atoms with Crippen molar-refractivity contribution in [2.75, 3.05) is 5.73 Å². The molecule has 0 saturated carbocycles. The van der Waals surface area contributed by atoms with Crippen molar-refractivity contribution in [2.45, 2.75) is 0 Å². The molecule has 6 heteroatoms. The highest BCUT2D eigenvalue weighted by Gasteiger charge is 2.16. The molecule has 0 bridgehead atoms. The molecule has 1 aromatic heterocycles. The number of anilines is 1. The Bertz CT molecular complexity index is 580. The molecule has 0 aliphatic heterocycles. The molecule has 0 saturated heterocycles. The van der Waals surface area contributed by atoms with Gasteiger partial charge >= 0.3 is 0 Å². The quantitative estimate of drug-likeness (QED) is 0.663. The minimum absolute atomic E-state index is 0.121. The third-order valence-corrected chi connectivity index (χ3v) is 4.60. The maximum absolute atomic E-state index is 12.9. The molecule has 88 valence electrons. The van der Waals surface area contributed by atoms with E-state index in [1.807, 2.05) is 0 Å². The zero-order chi connectivity index (χ0) is 12.6. The third kappa shape index (κ3) is 2.51. The number of carbonyl (C=O) groups is 1. The van der Waals surface area contributed by atoms with E-state index in [0.29, 0.717) is 13.7 Å². The normalized spacial score (nSPS) is 10.5. The molecule has 2 N–H and O–H groups in total. The molecule has 1 heterocycles. The van der Waals surface area contributed by atoms with Gasteiger partial charge in [-0.15, -0.1) is 11.3 Å². The average molecular weight is 335 g/mol. The summed E-state index contributed by atoms with van der Waals surface area (Å²) in [6.07, 6.45) is 0. The van der Waals surface area contributed by atoms with E-state index in [2.05, 4.69) is 15.9 Å². The Balaban J connectivity index is 2.43. The van der Waals surface area contributed by atoms with Crippen LogP contribution >= 0.6 is 38.9 Å². The second kappa shape index (κ2) is 4.76. The number of hydrogen-bond donors (Lipinski definition) is 1. The number of carbonyl (C=O) groups excluding carboxylic acids is 1. The summed E-state index contributed by atoms with van der Waals surface area (Å²) >= 11 is 10.3. The van der Waals surface area contributed by atoms with Gasteiger partial charge in [-0.3, -0.25) is 4.79 Å². The van der Waals surface area contributed by atoms with Gasteiger partial charge in [0.2, 0.25) is 5.78 Å². The van der Waals surface area contributed by atoms with Crippen LogP contribution in [-0.2, 0) is 0 Å². The number of hydrogen-bond acceptors (Lipinski definition) is 3. The van der Waals surface area contributed by atoms with Gasteiger partial charge < -0.3 is 5.73 Å². The van der Waals surface area contributed by atoms with Gasteiger partial charge in [-0.05, 0) is 40.2 Å². The Labute approximate surface area is 114 Å². The monoisotopic (exact) mass is 333 g/mol. The molecular weight excluding hydrogens is 329 g/mol. The van der Waals surface area contributed by atoms with Gasteiger partial charge in [-0.25, -0.2) is 4.39 Å². The van der Waals surface area contributed by atoms with Crippen molar-refractivity contribution >= 4 is 50.3 Å². The average Bonchev–Trinajstić information content (AvgIpc) is 2.58. The maximum atomic E-state index is 12.9. The van der Waals surface area contributed by atoms with Gasteiger partial charge in [-0.2, -0.15) is 0 Å². The molecule has 0 amide bonds. The lowest BCUT2D eigenvalue weighted by atomic mass is 10.1. The molecule has 0 atom stereocenters. The summed E-state index contributed by atoms with van der Waals surface area (Å²) in [7, 11) is 0. The van der Waals surface area contributed by atoms with Gasteiger partial charge in [0.1, 0.15) is 5.82 Å². The topological polar surface area (TPSA) is 43.1 Å². The smallest absolute Gasteiger partial charge is 0.205 e. The number of benzene rings is 1. The van der Waals surface area contributed by atoms with Gasteiger partial charge in [0, 0.05) is 11.3 Å². The van der Waals surface area contributed by atoms with E-state index < -0.39 is 5.82 Å². The Kier molecular flexibility index (Phi) is 3.51. The second-order valence-electron chi connectivity index (χ2n) is 3.29. The van der Waals surface area contributed by atoms with Gasteiger partial charge in [-0.1, -0.05) is 11.6 Å². The summed E-state index contributed by atoms with van der Waals surface area (Å²) in [5.41, 5.74) is 6.00. The molecule has 2 aromatic rings. The lowest BCUT2D eigenvalue weighted by Gasteiger charge is -2.02. The minimum Gasteiger partial charge on any atom is -0.398 e. The summed E-state index contributed by atoms with van der Waals surface area (Å²) in [5.74, 6) is -0.732. The molecule has 1 aromatic carbocycles. The van der Waals surface area contributed by atoms with E-state index in [0.717, 1.165) is 6.07 Å². The first-order valence-electron chi connectivity index (χ1n) is 4.53. The van der Waals surface area contributed by atoms with E-state index in [9.17, 15) is 9.18 Å². The number of ketones is 1. The van der Waals surface area contributed by atoms with Crippen molar-refractivity contribution in [3.8, 4) is 0 Å². The first-order valence-corrected chi connectivity index (χ1v) is 6.52. The van der Waals surface area contributed by atoms with E-state index in [1.54, 1.807) is 6.07 Å². The zero-order valence-electron chi connectivity index (χ0n) is 8.34. The fraction of sp³-hybridized carbons (Fsp3) is 0. The number of halogens is 3. The van der Waals surface area contributed by atoms with Crippen LogP contribution in [0.15, 0.2) is 28.1 Å². The number of rotatable bonds is 2. The van der Waals surface area contributed by atoms with Gasteiger partial charge in [0.25, 0.3) is 0 Å². The van der Waals surface area contributed by atoms with Crippen molar-refractivity contribution in [1.82, 2.24) is 0 Å². The van der Waals surface area contributed by atoms with Crippen LogP contribution in [0.4, 0.5) is 10.1 Å². The summed E-state index contributed by atoms with van der Waals surface area (Å²) < 4.78 is 13.5. The molecule has 0 fully saturated rings. The Morgan fingerprint density at radius 1 is 1.41 bits per heavy atom. The predicted octanol–water partition coefficient (Wildman–Crippen LogP) is 4.12. The molecule has 2 rings (SSSR count). The van der Waals surface area contributed by atoms with Crippen LogP contribution < -0.4 is 5.73 Å². The number of nitrogens with two attached hydrogens (primary N) is 1. The first kappa shape index (κ1) is 12.5. The zero-order valence-corrected chi connectivity index (χ0v) is 11.5. The van der Waals surface area contributed by atoms with E-state index in [4.69, 9.17) is 17.3 Å². The minimum atomic E-state index is -0.468. The highest BCUT2D eigenvalue weighted by atomic mass is 79.9. The fourth-order valence-corrected chi connectivity index (χ4v) is 2.99. The fourth-order valence-electron chi connectivity index (χ4n) is 1.33. The molecule has 0 aliphatic rings. The van der Waals surface area contributed by atoms with Crippen molar-refractivity contribution in [1.29, 1.82) is 0 Å². The Hall–Kier alpha value is -0.910. The van der Waals surface area contributed by atoms with Crippen LogP contribution in [0.3, 0.4) is 0 Å². The predicted molar refractivity (Wildman–Crippen MR) is 71.3 cm³/mol. The molecule has 0 aliphatic carbocycles. The van der Waals surface area contributed by atoms with Crippen LogP contribution in [0.2, 0.25) is 5.02 Å². The summed E-state index contributed by atoms with van der Waals surface area (Å²) in [4.78, 5) is 12.5. The third-order valence-electron chi connectivity index (χ3n) is 2.13. The van der Waals surface area contributed by atoms with Crippen LogP contribution in [0.25, 0.3) is 0 Å². The number of thiophene rings is 1. The SMILES string of the molecule is Nc1cc(F)ccc1C(=O)c1cc(Cl)c(Br)s1. The van der Waals surface area contributed by atoms with E-state index in [1.165, 1.54) is 23.5 Å². The lowest BCUT2D eigenvalue weighted by Crippen LogP contribution is -2.03.